The van der Waals surface area contributed by atoms with E-state index in [1.807, 2.05) is 36.9 Å². The smallest absolute Gasteiger partial charge is 0.225 e. The van der Waals surface area contributed by atoms with Gasteiger partial charge in [0.25, 0.3) is 0 Å². The summed E-state index contributed by atoms with van der Waals surface area (Å²) in [7, 11) is 0. The number of hydrogen-bond acceptors (Lipinski definition) is 1. The van der Waals surface area contributed by atoms with Crippen molar-refractivity contribution in [1.82, 2.24) is 4.90 Å². The SMILES string of the molecule is CCN1C(=O)C(C)C[C-]=C1c1ccc(Br)cc1Br.[Y]. The number of rotatable bonds is 2. The number of hydrogen-bond donors (Lipinski definition) is 0. The largest absolute Gasteiger partial charge is 0.347 e. The molecule has 99 valence electrons. The first-order chi connectivity index (χ1) is 8.54. The third kappa shape index (κ3) is 3.78. The van der Waals surface area contributed by atoms with Gasteiger partial charge in [-0.2, -0.15) is 0 Å². The molecule has 1 radical (unpaired) electrons. The standard InChI is InChI=1S/C14H14Br2NO.Y/c1-3-17-13(7-4-9(2)14(17)18)11-6-5-10(15)8-12(11)16;/h5-6,8-9H,3-4H2,1-2H3;/q-1;. The average molecular weight is 461 g/mol. The molecule has 0 fully saturated rings. The summed E-state index contributed by atoms with van der Waals surface area (Å²) in [6.07, 6.45) is 4.04. The van der Waals surface area contributed by atoms with E-state index in [1.165, 1.54) is 0 Å². The Labute approximate surface area is 156 Å². The molecule has 19 heavy (non-hydrogen) atoms. The molecule has 1 unspecified atom stereocenters. The quantitative estimate of drug-likeness (QED) is 0.604. The van der Waals surface area contributed by atoms with Crippen LogP contribution in [-0.4, -0.2) is 17.4 Å². The number of allylic oxidation sites excluding steroid dienone is 1. The minimum atomic E-state index is 0. The monoisotopic (exact) mass is 459 g/mol. The van der Waals surface area contributed by atoms with Crippen LogP contribution >= 0.6 is 31.9 Å². The minimum Gasteiger partial charge on any atom is -0.347 e. The van der Waals surface area contributed by atoms with Gasteiger partial charge in [-0.3, -0.25) is 4.79 Å². The maximum Gasteiger partial charge on any atom is 0.225 e. The van der Waals surface area contributed by atoms with Crippen molar-refractivity contribution in [3.05, 3.63) is 38.8 Å². The van der Waals surface area contributed by atoms with Crippen molar-refractivity contribution in [3.63, 3.8) is 0 Å². The van der Waals surface area contributed by atoms with Crippen molar-refractivity contribution < 1.29 is 37.5 Å². The third-order valence-electron chi connectivity index (χ3n) is 3.04. The van der Waals surface area contributed by atoms with Crippen LogP contribution in [0.1, 0.15) is 25.8 Å². The molecule has 1 aromatic carbocycles. The van der Waals surface area contributed by atoms with E-state index in [-0.39, 0.29) is 44.5 Å². The van der Waals surface area contributed by atoms with Crippen molar-refractivity contribution in [2.45, 2.75) is 20.3 Å². The molecular weight excluding hydrogens is 447 g/mol. The molecular formula is C14H14Br2NOY-. The molecule has 5 heteroatoms. The molecule has 0 N–H and O–H groups in total. The fraction of sp³-hybridized carbons (Fsp3) is 0.357. The number of nitrogens with zero attached hydrogens (tertiary/aromatic N) is 1. The van der Waals surface area contributed by atoms with Crippen LogP contribution in [-0.2, 0) is 37.5 Å². The molecule has 2 rings (SSSR count). The maximum atomic E-state index is 12.2. The van der Waals surface area contributed by atoms with Gasteiger partial charge in [-0.25, -0.2) is 6.08 Å². The first-order valence-electron chi connectivity index (χ1n) is 5.92. The van der Waals surface area contributed by atoms with E-state index in [4.69, 9.17) is 0 Å². The Morgan fingerprint density at radius 2 is 2.11 bits per heavy atom. The van der Waals surface area contributed by atoms with Gasteiger partial charge in [-0.15, -0.1) is 17.3 Å². The molecule has 0 aromatic heterocycles. The van der Waals surface area contributed by atoms with Crippen LogP contribution in [0.4, 0.5) is 0 Å². The van der Waals surface area contributed by atoms with E-state index < -0.39 is 0 Å². The molecule has 1 amide bonds. The first kappa shape index (κ1) is 17.5. The number of amides is 1. The first-order valence-corrected chi connectivity index (χ1v) is 7.50. The van der Waals surface area contributed by atoms with Crippen molar-refractivity contribution in [2.24, 2.45) is 5.92 Å². The molecule has 0 saturated heterocycles. The summed E-state index contributed by atoms with van der Waals surface area (Å²) in [4.78, 5) is 14.0. The maximum absolute atomic E-state index is 12.2. The number of benzene rings is 1. The molecule has 1 atom stereocenters. The fourth-order valence-corrected chi connectivity index (χ4v) is 3.28. The summed E-state index contributed by atoms with van der Waals surface area (Å²) in [5.74, 6) is 0.212. The zero-order valence-electron chi connectivity index (χ0n) is 10.9. The summed E-state index contributed by atoms with van der Waals surface area (Å²) in [6.45, 7) is 4.61. The van der Waals surface area contributed by atoms with Crippen molar-refractivity contribution >= 4 is 43.5 Å². The van der Waals surface area contributed by atoms with Crippen LogP contribution in [0, 0.1) is 12.0 Å². The third-order valence-corrected chi connectivity index (χ3v) is 4.19. The zero-order valence-corrected chi connectivity index (χ0v) is 16.9. The van der Waals surface area contributed by atoms with Crippen LogP contribution in [0.25, 0.3) is 5.70 Å². The van der Waals surface area contributed by atoms with Crippen molar-refractivity contribution in [2.75, 3.05) is 6.54 Å². The Kier molecular flexibility index (Phi) is 6.91. The molecule has 2 nitrogen and oxygen atoms in total. The summed E-state index contributed by atoms with van der Waals surface area (Å²) >= 11 is 6.98. The minimum absolute atomic E-state index is 0. The van der Waals surface area contributed by atoms with Gasteiger partial charge in [-0.05, 0) is 6.92 Å². The Hall–Kier alpha value is 0.494. The molecule has 0 aliphatic carbocycles. The molecule has 1 aromatic rings. The average Bonchev–Trinajstić information content (AvgIpc) is 2.33. The second-order valence-corrected chi connectivity index (χ2v) is 6.11. The van der Waals surface area contributed by atoms with Crippen molar-refractivity contribution in [1.29, 1.82) is 0 Å². The molecule has 0 saturated carbocycles. The van der Waals surface area contributed by atoms with Crippen LogP contribution in [0.2, 0.25) is 0 Å². The van der Waals surface area contributed by atoms with Crippen LogP contribution in [0.5, 0.6) is 0 Å². The van der Waals surface area contributed by atoms with Gasteiger partial charge < -0.3 is 4.90 Å². The predicted octanol–water partition coefficient (Wildman–Crippen LogP) is 4.24. The van der Waals surface area contributed by atoms with Gasteiger partial charge in [0, 0.05) is 49.6 Å². The number of carbonyl (C=O) groups is 1. The molecule has 0 bridgehead atoms. The van der Waals surface area contributed by atoms with Crippen LogP contribution in [0.3, 0.4) is 0 Å². The Morgan fingerprint density at radius 1 is 1.42 bits per heavy atom. The van der Waals surface area contributed by atoms with Crippen molar-refractivity contribution in [3.8, 4) is 0 Å². The van der Waals surface area contributed by atoms with E-state index in [2.05, 4.69) is 37.9 Å². The Morgan fingerprint density at radius 3 is 2.68 bits per heavy atom. The van der Waals surface area contributed by atoms with Gasteiger partial charge in [0.15, 0.2) is 0 Å². The van der Waals surface area contributed by atoms with Gasteiger partial charge >= 0.3 is 0 Å². The van der Waals surface area contributed by atoms with E-state index in [0.717, 1.165) is 20.2 Å². The summed E-state index contributed by atoms with van der Waals surface area (Å²) in [6, 6.07) is 5.97. The Balaban J connectivity index is 0.00000180. The summed E-state index contributed by atoms with van der Waals surface area (Å²) in [5, 5.41) is 0. The molecule has 1 aliphatic heterocycles. The second kappa shape index (κ2) is 7.49. The summed E-state index contributed by atoms with van der Waals surface area (Å²) in [5.41, 5.74) is 1.90. The van der Waals surface area contributed by atoms with Gasteiger partial charge in [0.05, 0.1) is 0 Å². The summed E-state index contributed by atoms with van der Waals surface area (Å²) < 4.78 is 1.98. The number of halogens is 2. The fourth-order valence-electron chi connectivity index (χ4n) is 2.04. The predicted molar refractivity (Wildman–Crippen MR) is 79.7 cm³/mol. The van der Waals surface area contributed by atoms with Crippen LogP contribution in [0.15, 0.2) is 27.1 Å². The van der Waals surface area contributed by atoms with Gasteiger partial charge in [0.1, 0.15) is 0 Å². The molecule has 1 aliphatic rings. The van der Waals surface area contributed by atoms with Crippen LogP contribution < -0.4 is 0 Å². The van der Waals surface area contributed by atoms with E-state index in [9.17, 15) is 4.79 Å². The topological polar surface area (TPSA) is 20.3 Å². The molecule has 1 heterocycles. The van der Waals surface area contributed by atoms with E-state index in [1.54, 1.807) is 0 Å². The van der Waals surface area contributed by atoms with Gasteiger partial charge in [0.2, 0.25) is 5.91 Å². The second-order valence-electron chi connectivity index (χ2n) is 4.34. The van der Waals surface area contributed by atoms with E-state index >= 15 is 0 Å². The van der Waals surface area contributed by atoms with E-state index in [0.29, 0.717) is 13.0 Å². The Bertz CT molecular complexity index is 516. The van der Waals surface area contributed by atoms with Gasteiger partial charge in [-0.1, -0.05) is 61.8 Å². The zero-order chi connectivity index (χ0) is 13.3. The molecule has 0 spiro atoms. The number of carbonyl (C=O) groups excluding carboxylic acids is 1. The normalized spacial score (nSPS) is 18.9.